The zero-order valence-corrected chi connectivity index (χ0v) is 10.4. The smallest absolute Gasteiger partial charge is 0.0776 e. The highest BCUT2D eigenvalue weighted by atomic mass is 32.1. The van der Waals surface area contributed by atoms with Crippen LogP contribution in [0.5, 0.6) is 0 Å². The lowest BCUT2D eigenvalue weighted by Crippen LogP contribution is -0.576. The largest absolute Gasteiger partial charge is 0.197 e. The third-order valence-electron chi connectivity index (χ3n) is 0. The van der Waals surface area contributed by atoms with Gasteiger partial charge in [0.1, 0.15) is 0 Å². The van der Waals surface area contributed by atoms with Crippen molar-refractivity contribution in [3.8, 4) is 51.4 Å². The summed E-state index contributed by atoms with van der Waals surface area (Å²) in [6.07, 6.45) is 32.0. The molecule has 0 nitrogen and oxygen atoms in total. The molecule has 0 heterocycles. The Morgan fingerprint density at radius 2 is 0.316 bits per heavy atom. The minimum absolute atomic E-state index is 0. The average molecular weight is 287 g/mol. The van der Waals surface area contributed by atoms with Gasteiger partial charge in [0.2, 0.25) is 0 Å². The molecule has 0 N–H and O–H groups in total. The minimum Gasteiger partial charge on any atom is -0.197 e. The van der Waals surface area contributed by atoms with Gasteiger partial charge < -0.3 is 0 Å². The molecule has 0 aromatic heterocycles. The third kappa shape index (κ3) is 629. The maximum absolute atomic E-state index is 4.00. The van der Waals surface area contributed by atoms with Gasteiger partial charge in [0.25, 0.3) is 0 Å². The molecule has 0 aliphatic heterocycles. The molecule has 0 aliphatic rings. The Labute approximate surface area is 134 Å². The lowest BCUT2D eigenvalue weighted by molar-refractivity contribution is 2.50. The van der Waals surface area contributed by atoms with E-state index in [-0.39, 0.29) is 43.2 Å². The number of hydrogen-bond acceptors (Lipinski definition) is 0. The molecular formula is C18H38S. The van der Waals surface area contributed by atoms with Crippen LogP contribution in [0.2, 0.25) is 0 Å². The third-order valence-corrected chi connectivity index (χ3v) is 0. The molecular weight excluding hydrogens is 248 g/mol. The van der Waals surface area contributed by atoms with Crippen molar-refractivity contribution in [2.24, 2.45) is 0 Å². The van der Waals surface area contributed by atoms with Crippen LogP contribution < -0.4 is 0 Å². The summed E-state index contributed by atoms with van der Waals surface area (Å²) in [6, 6.07) is 0. The maximum atomic E-state index is 4.00. The van der Waals surface area contributed by atoms with Crippen LogP contribution in [0.1, 0.15) is 29.7 Å². The van der Waals surface area contributed by atoms with Gasteiger partial charge in [-0.2, -0.15) is 13.5 Å². The highest BCUT2D eigenvalue weighted by Crippen LogP contribution is 0.866. The zero-order valence-electron chi connectivity index (χ0n) is 9.36. The number of hydrogen-bond donors (Lipinski definition) is 0. The van der Waals surface area contributed by atoms with Crippen LogP contribution >= 0.6 is 13.5 Å². The Hall–Kier alpha value is -2.19. The first-order valence-corrected chi connectivity index (χ1v) is 2.83. The fourth-order valence-corrected chi connectivity index (χ4v) is 0. The molecule has 0 aromatic rings. The van der Waals surface area contributed by atoms with Gasteiger partial charge in [-0.3, -0.25) is 0 Å². The fraction of sp³-hybridized carbons (Fsp3) is 0.222. The topological polar surface area (TPSA) is 0 Å². The van der Waals surface area contributed by atoms with Crippen LogP contribution in [0.4, 0.5) is 0 Å². The highest BCUT2D eigenvalue weighted by molar-refractivity contribution is 7.59. The van der Waals surface area contributed by atoms with E-state index in [1.54, 1.807) is 0 Å². The van der Waals surface area contributed by atoms with Gasteiger partial charge in [-0.05, 0) is 0 Å². The van der Waals surface area contributed by atoms with E-state index in [1.807, 2.05) is 0 Å². The second kappa shape index (κ2) is 723. The molecule has 0 radical (unpaired) electrons. The van der Waals surface area contributed by atoms with E-state index in [0.717, 1.165) is 0 Å². The van der Waals surface area contributed by atoms with E-state index < -0.39 is 0 Å². The van der Waals surface area contributed by atoms with Crippen LogP contribution in [0.3, 0.4) is 0 Å². The second-order valence-corrected chi connectivity index (χ2v) is 0. The molecule has 0 saturated heterocycles. The quantitative estimate of drug-likeness (QED) is 0.375. The number of rotatable bonds is 0. The van der Waals surface area contributed by atoms with Crippen molar-refractivity contribution >= 4 is 13.5 Å². The highest BCUT2D eigenvalue weighted by Gasteiger charge is 0.605. The van der Waals surface area contributed by atoms with Crippen molar-refractivity contribution in [1.29, 1.82) is 0 Å². The predicted molar refractivity (Wildman–Crippen MR) is 111 cm³/mol. The van der Waals surface area contributed by atoms with Gasteiger partial charge in [-0.25, -0.2) is 0 Å². The van der Waals surface area contributed by atoms with Crippen molar-refractivity contribution in [1.82, 2.24) is 0 Å². The summed E-state index contributed by atoms with van der Waals surface area (Å²) < 4.78 is 0. The molecule has 0 fully saturated rings. The van der Waals surface area contributed by atoms with Crippen molar-refractivity contribution in [3.63, 3.8) is 0 Å². The lowest BCUT2D eigenvalue weighted by atomic mass is 11.3. The summed E-state index contributed by atoms with van der Waals surface area (Å²) >= 11 is 0. The Morgan fingerprint density at radius 3 is 0.316 bits per heavy atom. The molecule has 0 amide bonds. The molecule has 116 valence electrons. The lowest BCUT2D eigenvalue weighted by Gasteiger charge is -0.813. The van der Waals surface area contributed by atoms with Gasteiger partial charge in [0.05, 0.1) is 0 Å². The molecule has 0 spiro atoms. The average Bonchev–Trinajstić information content (AvgIpc) is 2.45. The summed E-state index contributed by atoms with van der Waals surface area (Å²) in [5.41, 5.74) is 0. The summed E-state index contributed by atoms with van der Waals surface area (Å²) in [5, 5.41) is 0. The van der Waals surface area contributed by atoms with E-state index in [9.17, 15) is 0 Å². The molecule has 0 atom stereocenters. The Kier molecular flexibility index (Phi) is 6910. The van der Waals surface area contributed by atoms with Gasteiger partial charge in [0, 0.05) is 0 Å². The van der Waals surface area contributed by atoms with Gasteiger partial charge in [0.15, 0.2) is 0 Å². The summed E-state index contributed by atoms with van der Waals surface area (Å²) in [7, 11) is 0. The molecule has 0 aromatic carbocycles. The standard InChI is InChI=1S/3C2H4.4C2H2.4CH4.H2S/c7*1-2;;;;;/h3*1-2H2;4*1-2H;4*1H4;1H2. The SMILES string of the molecule is C.C.C.C.C#C.C#C.C#C.C#C.C=C.C=C.C=C.S. The summed E-state index contributed by atoms with van der Waals surface area (Å²) in [5.74, 6) is 0. The van der Waals surface area contributed by atoms with Crippen LogP contribution in [-0.2, 0) is 0 Å². The van der Waals surface area contributed by atoms with Crippen molar-refractivity contribution in [2.45, 2.75) is 29.7 Å². The first kappa shape index (κ1) is 182. The molecule has 19 heavy (non-hydrogen) atoms. The summed E-state index contributed by atoms with van der Waals surface area (Å²) in [6.45, 7) is 18.0. The number of terminal acetylenes is 4. The Balaban J connectivity index is -0.00000000288. The minimum atomic E-state index is 0. The van der Waals surface area contributed by atoms with Crippen molar-refractivity contribution in [2.75, 3.05) is 0 Å². The Bertz CT molecular complexity index is 75.1. The zero-order chi connectivity index (χ0) is 14.0. The summed E-state index contributed by atoms with van der Waals surface area (Å²) in [4.78, 5) is 0. The monoisotopic (exact) mass is 286 g/mol. The van der Waals surface area contributed by atoms with Gasteiger partial charge in [-0.15, -0.1) is 90.9 Å². The van der Waals surface area contributed by atoms with Gasteiger partial charge in [-0.1, -0.05) is 29.7 Å². The second-order valence-electron chi connectivity index (χ2n) is 0. The molecule has 0 aliphatic carbocycles. The first-order chi connectivity index (χ1) is 7.00. The van der Waals surface area contributed by atoms with E-state index in [4.69, 9.17) is 0 Å². The normalized spacial score (nSPS) is 1.05. The van der Waals surface area contributed by atoms with Crippen molar-refractivity contribution in [3.05, 3.63) is 39.5 Å². The van der Waals surface area contributed by atoms with E-state index in [1.165, 1.54) is 0 Å². The van der Waals surface area contributed by atoms with Crippen LogP contribution in [-0.4, -0.2) is 0 Å². The fourth-order valence-electron chi connectivity index (χ4n) is 0. The van der Waals surface area contributed by atoms with E-state index in [0.29, 0.717) is 0 Å². The van der Waals surface area contributed by atoms with Crippen LogP contribution in [0, 0.1) is 51.4 Å². The molecule has 1 heteroatoms. The molecule has 0 bridgehead atoms. The van der Waals surface area contributed by atoms with E-state index >= 15 is 0 Å². The van der Waals surface area contributed by atoms with Crippen molar-refractivity contribution < 1.29 is 0 Å². The molecule has 0 saturated carbocycles. The van der Waals surface area contributed by atoms with Crippen LogP contribution in [0.25, 0.3) is 0 Å². The van der Waals surface area contributed by atoms with Gasteiger partial charge >= 0.3 is 0 Å². The Morgan fingerprint density at radius 1 is 0.316 bits per heavy atom. The van der Waals surface area contributed by atoms with Crippen LogP contribution in [0.15, 0.2) is 39.5 Å². The first-order valence-electron chi connectivity index (χ1n) is 2.83. The maximum Gasteiger partial charge on any atom is -0.0776 e. The predicted octanol–water partition coefficient (Wildman–Crippen LogP) is 6.06. The molecule has 0 rings (SSSR count). The van der Waals surface area contributed by atoms with E-state index in [2.05, 4.69) is 90.9 Å². The molecule has 0 unspecified atom stereocenters.